The molecule has 16 heavy (non-hydrogen) atoms. The summed E-state index contributed by atoms with van der Waals surface area (Å²) < 4.78 is 18.6. The van der Waals surface area contributed by atoms with Crippen LogP contribution >= 0.6 is 0 Å². The Morgan fingerprint density at radius 3 is 2.75 bits per heavy atom. The summed E-state index contributed by atoms with van der Waals surface area (Å²) in [5.41, 5.74) is 0.756. The highest BCUT2D eigenvalue weighted by molar-refractivity contribution is 5.29. The smallest absolute Gasteiger partial charge is 0.130 e. The van der Waals surface area contributed by atoms with Gasteiger partial charge in [-0.15, -0.1) is 0 Å². The molecule has 1 aromatic carbocycles. The lowest BCUT2D eigenvalue weighted by atomic mass is 10.0. The molecule has 0 spiro atoms. The number of rotatable bonds is 6. The third-order valence-electron chi connectivity index (χ3n) is 2.57. The van der Waals surface area contributed by atoms with Crippen molar-refractivity contribution in [3.63, 3.8) is 0 Å². The minimum Gasteiger partial charge on any atom is -0.497 e. The van der Waals surface area contributed by atoms with E-state index in [1.165, 1.54) is 6.07 Å². The fourth-order valence-electron chi connectivity index (χ4n) is 1.66. The van der Waals surface area contributed by atoms with Gasteiger partial charge in [0.2, 0.25) is 0 Å². The van der Waals surface area contributed by atoms with Crippen molar-refractivity contribution in [2.75, 3.05) is 20.2 Å². The average Bonchev–Trinajstić information content (AvgIpc) is 2.29. The van der Waals surface area contributed by atoms with Crippen LogP contribution in [0.2, 0.25) is 0 Å². The van der Waals surface area contributed by atoms with Gasteiger partial charge in [-0.1, -0.05) is 19.9 Å². The van der Waals surface area contributed by atoms with E-state index in [1.807, 2.05) is 0 Å². The molecule has 0 amide bonds. The molecule has 0 radical (unpaired) electrons. The lowest BCUT2D eigenvalue weighted by Gasteiger charge is -2.12. The SMILES string of the molecule is CCNCC(C)Cc1ccc(OC)cc1F. The van der Waals surface area contributed by atoms with Gasteiger partial charge in [-0.25, -0.2) is 4.39 Å². The predicted octanol–water partition coefficient (Wildman–Crippen LogP) is 2.62. The zero-order chi connectivity index (χ0) is 12.0. The summed E-state index contributed by atoms with van der Waals surface area (Å²) in [6.45, 7) is 6.06. The number of ether oxygens (including phenoxy) is 1. The molecule has 1 N–H and O–H groups in total. The van der Waals surface area contributed by atoms with E-state index in [0.29, 0.717) is 11.7 Å². The summed E-state index contributed by atoms with van der Waals surface area (Å²) in [4.78, 5) is 0. The Morgan fingerprint density at radius 1 is 1.44 bits per heavy atom. The van der Waals surface area contributed by atoms with Crippen LogP contribution in [0.15, 0.2) is 18.2 Å². The van der Waals surface area contributed by atoms with Gasteiger partial charge >= 0.3 is 0 Å². The first-order valence-corrected chi connectivity index (χ1v) is 5.70. The fraction of sp³-hybridized carbons (Fsp3) is 0.538. The van der Waals surface area contributed by atoms with Gasteiger partial charge in [0.1, 0.15) is 11.6 Å². The van der Waals surface area contributed by atoms with Gasteiger partial charge in [0.05, 0.1) is 7.11 Å². The van der Waals surface area contributed by atoms with Gasteiger partial charge in [-0.2, -0.15) is 0 Å². The first-order valence-electron chi connectivity index (χ1n) is 5.70. The number of hydrogen-bond acceptors (Lipinski definition) is 2. The topological polar surface area (TPSA) is 21.3 Å². The van der Waals surface area contributed by atoms with E-state index in [2.05, 4.69) is 19.2 Å². The molecule has 0 heterocycles. The number of hydrogen-bond donors (Lipinski definition) is 1. The quantitative estimate of drug-likeness (QED) is 0.803. The van der Waals surface area contributed by atoms with Crippen LogP contribution in [-0.2, 0) is 6.42 Å². The number of benzene rings is 1. The van der Waals surface area contributed by atoms with Crippen molar-refractivity contribution < 1.29 is 9.13 Å². The summed E-state index contributed by atoms with van der Waals surface area (Å²) >= 11 is 0. The fourth-order valence-corrected chi connectivity index (χ4v) is 1.66. The van der Waals surface area contributed by atoms with E-state index < -0.39 is 0 Å². The first-order chi connectivity index (χ1) is 7.67. The Bertz CT molecular complexity index is 328. The lowest BCUT2D eigenvalue weighted by Crippen LogP contribution is -2.22. The van der Waals surface area contributed by atoms with Gasteiger partial charge in [-0.05, 0) is 37.1 Å². The van der Waals surface area contributed by atoms with E-state index in [-0.39, 0.29) is 5.82 Å². The van der Waals surface area contributed by atoms with Crippen LogP contribution in [0.4, 0.5) is 4.39 Å². The maximum absolute atomic E-state index is 13.6. The highest BCUT2D eigenvalue weighted by Gasteiger charge is 2.08. The molecule has 0 aliphatic carbocycles. The summed E-state index contributed by atoms with van der Waals surface area (Å²) in [6, 6.07) is 5.05. The Kier molecular flexibility index (Phi) is 5.26. The minimum atomic E-state index is -0.178. The third-order valence-corrected chi connectivity index (χ3v) is 2.57. The van der Waals surface area contributed by atoms with Crippen LogP contribution in [0.5, 0.6) is 5.75 Å². The molecule has 0 aliphatic heterocycles. The predicted molar refractivity (Wildman–Crippen MR) is 64.4 cm³/mol. The zero-order valence-electron chi connectivity index (χ0n) is 10.2. The Balaban J connectivity index is 2.59. The molecule has 1 aromatic rings. The molecule has 1 rings (SSSR count). The molecular formula is C13H20FNO. The molecular weight excluding hydrogens is 205 g/mol. The van der Waals surface area contributed by atoms with E-state index in [9.17, 15) is 4.39 Å². The molecule has 1 atom stereocenters. The number of halogens is 1. The van der Waals surface area contributed by atoms with Crippen LogP contribution < -0.4 is 10.1 Å². The molecule has 3 heteroatoms. The van der Waals surface area contributed by atoms with Crippen LogP contribution in [-0.4, -0.2) is 20.2 Å². The molecule has 90 valence electrons. The van der Waals surface area contributed by atoms with Crippen molar-refractivity contribution in [2.45, 2.75) is 20.3 Å². The van der Waals surface area contributed by atoms with Crippen molar-refractivity contribution in [3.05, 3.63) is 29.6 Å². The Hall–Kier alpha value is -1.09. The average molecular weight is 225 g/mol. The van der Waals surface area contributed by atoms with Gasteiger partial charge in [0, 0.05) is 6.07 Å². The van der Waals surface area contributed by atoms with Crippen LogP contribution in [0.3, 0.4) is 0 Å². The second-order valence-corrected chi connectivity index (χ2v) is 4.07. The normalized spacial score (nSPS) is 12.5. The second kappa shape index (κ2) is 6.48. The number of methoxy groups -OCH3 is 1. The molecule has 1 unspecified atom stereocenters. The maximum atomic E-state index is 13.6. The van der Waals surface area contributed by atoms with Crippen LogP contribution in [0, 0.1) is 11.7 Å². The summed E-state index contributed by atoms with van der Waals surface area (Å²) in [5.74, 6) is 0.825. The van der Waals surface area contributed by atoms with Crippen molar-refractivity contribution in [1.82, 2.24) is 5.32 Å². The molecule has 0 aliphatic rings. The van der Waals surface area contributed by atoms with Crippen LogP contribution in [0.25, 0.3) is 0 Å². The molecule has 0 saturated carbocycles. The third kappa shape index (κ3) is 3.81. The van der Waals surface area contributed by atoms with E-state index in [1.54, 1.807) is 19.2 Å². The van der Waals surface area contributed by atoms with Crippen LogP contribution in [0.1, 0.15) is 19.4 Å². The van der Waals surface area contributed by atoms with Gasteiger partial charge in [0.15, 0.2) is 0 Å². The second-order valence-electron chi connectivity index (χ2n) is 4.07. The lowest BCUT2D eigenvalue weighted by molar-refractivity contribution is 0.410. The highest BCUT2D eigenvalue weighted by atomic mass is 19.1. The zero-order valence-corrected chi connectivity index (χ0v) is 10.2. The summed E-state index contributed by atoms with van der Waals surface area (Å²) in [5, 5.41) is 3.26. The van der Waals surface area contributed by atoms with Crippen molar-refractivity contribution in [3.8, 4) is 5.75 Å². The van der Waals surface area contributed by atoms with E-state index in [0.717, 1.165) is 25.1 Å². The van der Waals surface area contributed by atoms with E-state index >= 15 is 0 Å². The summed E-state index contributed by atoms with van der Waals surface area (Å²) in [6.07, 6.45) is 0.753. The van der Waals surface area contributed by atoms with Crippen molar-refractivity contribution >= 4 is 0 Å². The maximum Gasteiger partial charge on any atom is 0.130 e. The van der Waals surface area contributed by atoms with Gasteiger partial charge < -0.3 is 10.1 Å². The van der Waals surface area contributed by atoms with Crippen molar-refractivity contribution in [1.29, 1.82) is 0 Å². The van der Waals surface area contributed by atoms with Gasteiger partial charge in [0.25, 0.3) is 0 Å². The minimum absolute atomic E-state index is 0.178. The monoisotopic (exact) mass is 225 g/mol. The largest absolute Gasteiger partial charge is 0.497 e. The van der Waals surface area contributed by atoms with E-state index in [4.69, 9.17) is 4.74 Å². The molecule has 0 saturated heterocycles. The van der Waals surface area contributed by atoms with Crippen molar-refractivity contribution in [2.24, 2.45) is 5.92 Å². The standard InChI is InChI=1S/C13H20FNO/c1-4-15-9-10(2)7-11-5-6-12(16-3)8-13(11)14/h5-6,8,10,15H,4,7,9H2,1-3H3. The summed E-state index contributed by atoms with van der Waals surface area (Å²) in [7, 11) is 1.54. The first kappa shape index (κ1) is 13.0. The Morgan fingerprint density at radius 2 is 2.19 bits per heavy atom. The number of nitrogens with one attached hydrogen (secondary N) is 1. The molecule has 0 aromatic heterocycles. The molecule has 0 fully saturated rings. The Labute approximate surface area is 96.8 Å². The van der Waals surface area contributed by atoms with Gasteiger partial charge in [-0.3, -0.25) is 0 Å². The highest BCUT2D eigenvalue weighted by Crippen LogP contribution is 2.18. The molecule has 0 bridgehead atoms. The molecule has 2 nitrogen and oxygen atoms in total.